The van der Waals surface area contributed by atoms with Crippen molar-refractivity contribution in [3.05, 3.63) is 63.3 Å². The minimum absolute atomic E-state index is 0.137. The Balaban J connectivity index is 1.33. The second-order valence-electron chi connectivity index (χ2n) is 8.82. The lowest BCUT2D eigenvalue weighted by atomic mass is 9.96. The van der Waals surface area contributed by atoms with Crippen molar-refractivity contribution < 1.29 is 33.1 Å². The van der Waals surface area contributed by atoms with Gasteiger partial charge in [0, 0.05) is 17.6 Å². The number of aliphatic hydroxyl groups is 2. The number of aromatic nitrogens is 3. The van der Waals surface area contributed by atoms with E-state index < -0.39 is 38.0 Å². The predicted octanol–water partition coefficient (Wildman–Crippen LogP) is 3.00. The van der Waals surface area contributed by atoms with Crippen LogP contribution in [0.2, 0.25) is 5.02 Å². The summed E-state index contributed by atoms with van der Waals surface area (Å²) >= 11 is 6.05. The van der Waals surface area contributed by atoms with E-state index in [1.54, 1.807) is 43.5 Å². The summed E-state index contributed by atoms with van der Waals surface area (Å²) in [4.78, 5) is 19.2. The van der Waals surface area contributed by atoms with Crippen LogP contribution < -0.4 is 5.56 Å². The maximum absolute atomic E-state index is 13.1. The van der Waals surface area contributed by atoms with Crippen molar-refractivity contribution in [2.75, 3.05) is 13.2 Å². The Morgan fingerprint density at radius 1 is 1.40 bits per heavy atom. The zero-order valence-corrected chi connectivity index (χ0v) is 20.6. The molecule has 0 saturated carbocycles. The van der Waals surface area contributed by atoms with E-state index in [1.165, 1.54) is 11.5 Å². The molecule has 0 spiro atoms. The van der Waals surface area contributed by atoms with E-state index in [2.05, 4.69) is 9.97 Å². The number of halogens is 1. The normalized spacial score (nSPS) is 33.4. The van der Waals surface area contributed by atoms with Crippen LogP contribution in [0.4, 0.5) is 0 Å². The summed E-state index contributed by atoms with van der Waals surface area (Å²) in [5.74, 6) is 0.388. The lowest BCUT2D eigenvalue weighted by molar-refractivity contribution is -0.0951. The van der Waals surface area contributed by atoms with Crippen molar-refractivity contribution in [3.8, 4) is 0 Å². The first kappa shape index (κ1) is 24.6. The highest BCUT2D eigenvalue weighted by Gasteiger charge is 2.54. The zero-order chi connectivity index (χ0) is 25.0. The van der Waals surface area contributed by atoms with Gasteiger partial charge in [-0.15, -0.1) is 0 Å². The third kappa shape index (κ3) is 4.59. The van der Waals surface area contributed by atoms with Gasteiger partial charge in [-0.25, -0.2) is 9.55 Å². The predicted molar refractivity (Wildman–Crippen MR) is 125 cm³/mol. The van der Waals surface area contributed by atoms with Gasteiger partial charge in [-0.3, -0.25) is 18.4 Å². The van der Waals surface area contributed by atoms with Gasteiger partial charge in [-0.2, -0.15) is 0 Å². The Morgan fingerprint density at radius 3 is 2.97 bits per heavy atom. The Hall–Kier alpha value is -2.08. The molecule has 188 valence electrons. The summed E-state index contributed by atoms with van der Waals surface area (Å²) in [7, 11) is -3.98. The highest BCUT2D eigenvalue weighted by Crippen LogP contribution is 2.57. The molecule has 3 aromatic rings. The van der Waals surface area contributed by atoms with Crippen molar-refractivity contribution in [1.82, 2.24) is 14.5 Å². The lowest BCUT2D eigenvalue weighted by Crippen LogP contribution is -2.44. The number of nitrogens with zero attached hydrogens (tertiary/aromatic N) is 2. The van der Waals surface area contributed by atoms with Crippen molar-refractivity contribution in [2.24, 2.45) is 0 Å². The Kier molecular flexibility index (Phi) is 6.40. The van der Waals surface area contributed by atoms with Crippen LogP contribution in [0, 0.1) is 6.92 Å². The molecule has 0 bridgehead atoms. The van der Waals surface area contributed by atoms with Crippen LogP contribution in [-0.4, -0.2) is 55.8 Å². The number of aliphatic hydroxyl groups excluding tert-OH is 1. The van der Waals surface area contributed by atoms with Gasteiger partial charge in [0.15, 0.2) is 6.23 Å². The SMILES string of the molecule is Cc1nc2c(ccn2[C@@H]2O[C@H](COP3(=O)OCCC(c4cccc(Cl)c4)O3)[C@@H](O)[C@@]2(C)O)c(=O)[nH]1. The third-order valence-corrected chi connectivity index (χ3v) is 7.92. The van der Waals surface area contributed by atoms with Crippen molar-refractivity contribution >= 4 is 30.5 Å². The average Bonchev–Trinajstić information content (AvgIpc) is 3.31. The van der Waals surface area contributed by atoms with Crippen molar-refractivity contribution in [2.45, 2.75) is 50.4 Å². The number of nitrogens with one attached hydrogen (secondary N) is 1. The number of aromatic amines is 1. The number of fused-ring (bicyclic) bond motifs is 1. The summed E-state index contributed by atoms with van der Waals surface area (Å²) in [5, 5.41) is 22.7. The first-order chi connectivity index (χ1) is 16.6. The summed E-state index contributed by atoms with van der Waals surface area (Å²) in [6.45, 7) is 2.80. The Bertz CT molecular complexity index is 1360. The highest BCUT2D eigenvalue weighted by atomic mass is 35.5. The summed E-state index contributed by atoms with van der Waals surface area (Å²) in [5.41, 5.74) is -1.07. The van der Waals surface area contributed by atoms with E-state index in [0.29, 0.717) is 28.3 Å². The molecule has 6 atom stereocenters. The molecular formula is C22H25ClN3O8P. The van der Waals surface area contributed by atoms with E-state index in [1.807, 2.05) is 0 Å². The quantitative estimate of drug-likeness (QED) is 0.428. The van der Waals surface area contributed by atoms with Gasteiger partial charge in [-0.1, -0.05) is 23.7 Å². The molecule has 2 aliphatic rings. The first-order valence-electron chi connectivity index (χ1n) is 11.0. The van der Waals surface area contributed by atoms with Crippen LogP contribution in [0.3, 0.4) is 0 Å². The van der Waals surface area contributed by atoms with Crippen LogP contribution in [0.15, 0.2) is 41.3 Å². The van der Waals surface area contributed by atoms with Crippen LogP contribution in [0.1, 0.15) is 37.1 Å². The smallest absolute Gasteiger partial charge is 0.387 e. The second-order valence-corrected chi connectivity index (χ2v) is 10.9. The van der Waals surface area contributed by atoms with Gasteiger partial charge < -0.3 is 24.5 Å². The van der Waals surface area contributed by atoms with Crippen LogP contribution in [-0.2, 0) is 22.9 Å². The minimum Gasteiger partial charge on any atom is -0.387 e. The molecule has 5 rings (SSSR count). The summed E-state index contributed by atoms with van der Waals surface area (Å²) in [6, 6.07) is 8.56. The van der Waals surface area contributed by atoms with Crippen molar-refractivity contribution in [1.29, 1.82) is 0 Å². The number of phosphoric ester groups is 1. The molecule has 2 aliphatic heterocycles. The van der Waals surface area contributed by atoms with E-state index >= 15 is 0 Å². The molecule has 0 amide bonds. The molecule has 3 N–H and O–H groups in total. The molecular weight excluding hydrogens is 501 g/mol. The van der Waals surface area contributed by atoms with E-state index in [9.17, 15) is 19.6 Å². The fourth-order valence-corrected chi connectivity index (χ4v) is 5.99. The number of phosphoric acid groups is 1. The molecule has 2 saturated heterocycles. The average molecular weight is 526 g/mol. The third-order valence-electron chi connectivity index (χ3n) is 6.21. The molecule has 2 aromatic heterocycles. The molecule has 11 nitrogen and oxygen atoms in total. The van der Waals surface area contributed by atoms with Gasteiger partial charge in [0.2, 0.25) is 0 Å². The number of hydrogen-bond donors (Lipinski definition) is 3. The largest absolute Gasteiger partial charge is 0.475 e. The van der Waals surface area contributed by atoms with Crippen LogP contribution in [0.5, 0.6) is 0 Å². The monoisotopic (exact) mass is 525 g/mol. The summed E-state index contributed by atoms with van der Waals surface area (Å²) in [6.07, 6.45) is -2.11. The van der Waals surface area contributed by atoms with Crippen LogP contribution in [0.25, 0.3) is 11.0 Å². The Labute approximate surface area is 205 Å². The molecule has 35 heavy (non-hydrogen) atoms. The van der Waals surface area contributed by atoms with Crippen LogP contribution >= 0.6 is 19.4 Å². The number of ether oxygens (including phenoxy) is 1. The van der Waals surface area contributed by atoms with E-state index in [4.69, 9.17) is 29.9 Å². The molecule has 4 heterocycles. The summed E-state index contributed by atoms with van der Waals surface area (Å²) < 4.78 is 37.0. The standard InChI is InChI=1S/C22H25ClN3O8P/c1-12-24-19-15(20(28)25-12)6-8-26(19)21-22(2,29)18(27)17(33-21)11-32-35(30)31-9-7-16(34-35)13-4-3-5-14(23)10-13/h3-6,8,10,16-18,21,27,29H,7,9,11H2,1-2H3,(H,24,25,28)/t16?,17-,18-,21-,22-,35?/m1/s1. The van der Waals surface area contributed by atoms with Gasteiger partial charge in [-0.05, 0) is 37.6 Å². The maximum Gasteiger partial charge on any atom is 0.475 e. The number of hydrogen-bond acceptors (Lipinski definition) is 9. The number of aryl methyl sites for hydroxylation is 1. The molecule has 2 fully saturated rings. The van der Waals surface area contributed by atoms with Gasteiger partial charge >= 0.3 is 7.82 Å². The topological polar surface area (TPSA) is 145 Å². The molecule has 0 aliphatic carbocycles. The Morgan fingerprint density at radius 2 is 2.20 bits per heavy atom. The molecule has 1 aromatic carbocycles. The molecule has 2 unspecified atom stereocenters. The van der Waals surface area contributed by atoms with Gasteiger partial charge in [0.05, 0.1) is 24.7 Å². The van der Waals surface area contributed by atoms with E-state index in [0.717, 1.165) is 5.56 Å². The second kappa shape index (κ2) is 9.10. The number of H-pyrrole nitrogens is 1. The number of benzene rings is 1. The maximum atomic E-state index is 13.1. The molecule has 13 heteroatoms. The lowest BCUT2D eigenvalue weighted by Gasteiger charge is -2.30. The number of rotatable bonds is 5. The highest BCUT2D eigenvalue weighted by molar-refractivity contribution is 7.48. The van der Waals surface area contributed by atoms with E-state index in [-0.39, 0.29) is 18.8 Å². The van der Waals surface area contributed by atoms with Gasteiger partial charge in [0.1, 0.15) is 29.3 Å². The molecule has 0 radical (unpaired) electrons. The fourth-order valence-electron chi connectivity index (χ4n) is 4.40. The fraction of sp³-hybridized carbons (Fsp3) is 0.455. The zero-order valence-electron chi connectivity index (χ0n) is 19.0. The minimum atomic E-state index is -3.98. The first-order valence-corrected chi connectivity index (χ1v) is 12.9. The van der Waals surface area contributed by atoms with Gasteiger partial charge in [0.25, 0.3) is 5.56 Å². The van der Waals surface area contributed by atoms with Crippen molar-refractivity contribution in [3.63, 3.8) is 0 Å².